The lowest BCUT2D eigenvalue weighted by Crippen LogP contribution is -2.25. The van der Waals surface area contributed by atoms with E-state index in [2.05, 4.69) is 5.32 Å². The van der Waals surface area contributed by atoms with Crippen LogP contribution in [0.5, 0.6) is 0 Å². The van der Waals surface area contributed by atoms with Crippen LogP contribution >= 0.6 is 0 Å². The first kappa shape index (κ1) is 8.42. The van der Waals surface area contributed by atoms with Crippen LogP contribution in [0.3, 0.4) is 0 Å². The second-order valence-electron chi connectivity index (χ2n) is 1.51. The Labute approximate surface area is 55.7 Å². The summed E-state index contributed by atoms with van der Waals surface area (Å²) in [6.45, 7) is 0.262. The Balaban J connectivity index is 3.10. The lowest BCUT2D eigenvalue weighted by Gasteiger charge is -1.95. The number of hydrogen-bond acceptors (Lipinski definition) is 2. The molecule has 0 aliphatic carbocycles. The standard InChI is InChI=1S/C4H9NO3S/c1-9(8)3-2-5-4(6)7/h5H,2-3H2,1H3,(H,6,7). The lowest BCUT2D eigenvalue weighted by molar-refractivity contribution is 0.195. The van der Waals surface area contributed by atoms with E-state index in [1.807, 2.05) is 0 Å². The molecule has 1 atom stereocenters. The van der Waals surface area contributed by atoms with E-state index in [0.29, 0.717) is 5.75 Å². The van der Waals surface area contributed by atoms with Gasteiger partial charge in [-0.25, -0.2) is 4.79 Å². The van der Waals surface area contributed by atoms with E-state index in [-0.39, 0.29) is 6.54 Å². The van der Waals surface area contributed by atoms with Gasteiger partial charge in [-0.15, -0.1) is 0 Å². The van der Waals surface area contributed by atoms with Gasteiger partial charge in [0.25, 0.3) is 0 Å². The zero-order valence-corrected chi connectivity index (χ0v) is 5.90. The molecule has 0 bridgehead atoms. The molecule has 1 amide bonds. The molecule has 4 nitrogen and oxygen atoms in total. The average molecular weight is 151 g/mol. The predicted octanol–water partition coefficient (Wildman–Crippen LogP) is -0.367. The number of nitrogens with one attached hydrogen (secondary N) is 1. The summed E-state index contributed by atoms with van der Waals surface area (Å²) in [6, 6.07) is 0. The summed E-state index contributed by atoms with van der Waals surface area (Å²) in [5.74, 6) is 0.381. The molecule has 0 aromatic rings. The molecular weight excluding hydrogens is 142 g/mol. The Bertz CT molecular complexity index is 111. The van der Waals surface area contributed by atoms with Gasteiger partial charge in [-0.2, -0.15) is 0 Å². The van der Waals surface area contributed by atoms with Crippen molar-refractivity contribution in [2.24, 2.45) is 0 Å². The number of carboxylic acid groups (broad SMARTS) is 1. The molecule has 1 unspecified atom stereocenters. The second-order valence-corrected chi connectivity index (χ2v) is 3.06. The van der Waals surface area contributed by atoms with Gasteiger partial charge < -0.3 is 10.4 Å². The van der Waals surface area contributed by atoms with Crippen molar-refractivity contribution in [3.8, 4) is 0 Å². The van der Waals surface area contributed by atoms with E-state index in [1.165, 1.54) is 6.26 Å². The minimum absolute atomic E-state index is 0.262. The highest BCUT2D eigenvalue weighted by Gasteiger charge is 1.93. The normalized spacial score (nSPS) is 12.6. The molecule has 9 heavy (non-hydrogen) atoms. The molecule has 0 rings (SSSR count). The maximum Gasteiger partial charge on any atom is 0.404 e. The van der Waals surface area contributed by atoms with Crippen molar-refractivity contribution < 1.29 is 14.1 Å². The third-order valence-corrected chi connectivity index (χ3v) is 1.44. The number of rotatable bonds is 3. The van der Waals surface area contributed by atoms with Gasteiger partial charge in [0.2, 0.25) is 0 Å². The van der Waals surface area contributed by atoms with Crippen molar-refractivity contribution >= 4 is 16.9 Å². The fourth-order valence-corrected chi connectivity index (χ4v) is 0.691. The highest BCUT2D eigenvalue weighted by molar-refractivity contribution is 7.84. The quantitative estimate of drug-likeness (QED) is 0.578. The summed E-state index contributed by atoms with van der Waals surface area (Å²) < 4.78 is 10.3. The van der Waals surface area contributed by atoms with Gasteiger partial charge in [0.15, 0.2) is 0 Å². The molecule has 0 spiro atoms. The Morgan fingerprint density at radius 3 is 2.67 bits per heavy atom. The van der Waals surface area contributed by atoms with Gasteiger partial charge in [0.05, 0.1) is 0 Å². The Hall–Kier alpha value is -0.580. The third kappa shape index (κ3) is 7.42. The largest absolute Gasteiger partial charge is 0.465 e. The number of hydrogen-bond donors (Lipinski definition) is 2. The maximum absolute atomic E-state index is 10.3. The van der Waals surface area contributed by atoms with Crippen molar-refractivity contribution in [2.75, 3.05) is 18.6 Å². The van der Waals surface area contributed by atoms with Gasteiger partial charge in [0.1, 0.15) is 0 Å². The van der Waals surface area contributed by atoms with Crippen LogP contribution in [0.25, 0.3) is 0 Å². The van der Waals surface area contributed by atoms with Crippen LogP contribution in [-0.4, -0.2) is 34.0 Å². The molecule has 0 aromatic heterocycles. The third-order valence-electron chi connectivity index (χ3n) is 0.666. The molecule has 0 aliphatic rings. The summed E-state index contributed by atoms with van der Waals surface area (Å²) in [6.07, 6.45) is 0.462. The Morgan fingerprint density at radius 1 is 1.78 bits per heavy atom. The van der Waals surface area contributed by atoms with Gasteiger partial charge in [-0.3, -0.25) is 4.21 Å². The minimum atomic E-state index is -1.07. The predicted molar refractivity (Wildman–Crippen MR) is 35.0 cm³/mol. The van der Waals surface area contributed by atoms with Crippen LogP contribution in [0, 0.1) is 0 Å². The zero-order valence-electron chi connectivity index (χ0n) is 5.09. The summed E-state index contributed by atoms with van der Waals surface area (Å²) in [5.41, 5.74) is 0. The van der Waals surface area contributed by atoms with E-state index >= 15 is 0 Å². The first-order valence-electron chi connectivity index (χ1n) is 2.39. The van der Waals surface area contributed by atoms with Crippen LogP contribution in [0.2, 0.25) is 0 Å². The second kappa shape index (κ2) is 4.31. The Kier molecular flexibility index (Phi) is 4.04. The van der Waals surface area contributed by atoms with Gasteiger partial charge in [-0.1, -0.05) is 0 Å². The topological polar surface area (TPSA) is 66.4 Å². The molecule has 0 aliphatic heterocycles. The highest BCUT2D eigenvalue weighted by Crippen LogP contribution is 1.70. The fraction of sp³-hybridized carbons (Fsp3) is 0.750. The van der Waals surface area contributed by atoms with Crippen LogP contribution in [0.15, 0.2) is 0 Å². The first-order chi connectivity index (χ1) is 4.13. The smallest absolute Gasteiger partial charge is 0.404 e. The maximum atomic E-state index is 10.3. The SMILES string of the molecule is CS(=O)CCNC(=O)O. The molecule has 0 radical (unpaired) electrons. The van der Waals surface area contributed by atoms with Gasteiger partial charge in [-0.05, 0) is 0 Å². The van der Waals surface area contributed by atoms with E-state index in [9.17, 15) is 9.00 Å². The summed E-state index contributed by atoms with van der Waals surface area (Å²) >= 11 is 0. The molecule has 54 valence electrons. The molecule has 0 saturated carbocycles. The first-order valence-corrected chi connectivity index (χ1v) is 4.12. The van der Waals surface area contributed by atoms with E-state index < -0.39 is 16.9 Å². The van der Waals surface area contributed by atoms with E-state index in [0.717, 1.165) is 0 Å². The average Bonchev–Trinajstić information content (AvgIpc) is 1.63. The van der Waals surface area contributed by atoms with Crippen LogP contribution in [0.1, 0.15) is 0 Å². The van der Waals surface area contributed by atoms with Gasteiger partial charge >= 0.3 is 6.09 Å². The molecule has 2 N–H and O–H groups in total. The molecular formula is C4H9NO3S. The molecule has 0 aromatic carbocycles. The minimum Gasteiger partial charge on any atom is -0.465 e. The van der Waals surface area contributed by atoms with Crippen LogP contribution in [-0.2, 0) is 10.8 Å². The molecule has 0 fully saturated rings. The van der Waals surface area contributed by atoms with Gasteiger partial charge in [0, 0.05) is 29.4 Å². The van der Waals surface area contributed by atoms with Crippen molar-refractivity contribution in [1.82, 2.24) is 5.32 Å². The van der Waals surface area contributed by atoms with Crippen molar-refractivity contribution in [2.45, 2.75) is 0 Å². The summed E-state index contributed by atoms with van der Waals surface area (Å²) in [4.78, 5) is 9.77. The van der Waals surface area contributed by atoms with E-state index in [4.69, 9.17) is 5.11 Å². The monoisotopic (exact) mass is 151 g/mol. The number of carbonyl (C=O) groups is 1. The van der Waals surface area contributed by atoms with E-state index in [1.54, 1.807) is 0 Å². The lowest BCUT2D eigenvalue weighted by atomic mass is 10.7. The summed E-state index contributed by atoms with van der Waals surface area (Å²) in [5, 5.41) is 10.1. The fourth-order valence-electron chi connectivity index (χ4n) is 0.302. The van der Waals surface area contributed by atoms with Crippen molar-refractivity contribution in [1.29, 1.82) is 0 Å². The van der Waals surface area contributed by atoms with Crippen molar-refractivity contribution in [3.05, 3.63) is 0 Å². The molecule has 5 heteroatoms. The molecule has 0 saturated heterocycles. The Morgan fingerprint density at radius 2 is 2.33 bits per heavy atom. The zero-order chi connectivity index (χ0) is 7.28. The highest BCUT2D eigenvalue weighted by atomic mass is 32.2. The molecule has 0 heterocycles. The van der Waals surface area contributed by atoms with Crippen LogP contribution in [0.4, 0.5) is 4.79 Å². The van der Waals surface area contributed by atoms with Crippen LogP contribution < -0.4 is 5.32 Å². The number of amides is 1. The van der Waals surface area contributed by atoms with Crippen molar-refractivity contribution in [3.63, 3.8) is 0 Å². The summed E-state index contributed by atoms with van der Waals surface area (Å²) in [7, 11) is -0.908.